The molecule has 0 fully saturated rings. The molecule has 6 aromatic rings. The molecule has 35 heavy (non-hydrogen) atoms. The van der Waals surface area contributed by atoms with Crippen LogP contribution >= 0.6 is 0 Å². The van der Waals surface area contributed by atoms with Crippen LogP contribution in [0.2, 0.25) is 0 Å². The summed E-state index contributed by atoms with van der Waals surface area (Å²) in [6, 6.07) is 49.5. The predicted molar refractivity (Wildman–Crippen MR) is 146 cm³/mol. The average molecular weight is 443 g/mol. The summed E-state index contributed by atoms with van der Waals surface area (Å²) in [7, 11) is 0. The van der Waals surface area contributed by atoms with Gasteiger partial charge in [0.1, 0.15) is 0 Å². The van der Waals surface area contributed by atoms with Crippen LogP contribution in [0.25, 0.3) is 44.2 Å². The zero-order valence-corrected chi connectivity index (χ0v) is 19.2. The summed E-state index contributed by atoms with van der Waals surface area (Å²) in [5.74, 6) is 0. The number of fused-ring (bicyclic) bond motifs is 9. The molecular formula is C35H22. The van der Waals surface area contributed by atoms with Crippen molar-refractivity contribution in [3.05, 3.63) is 156 Å². The van der Waals surface area contributed by atoms with Gasteiger partial charge in [-0.3, -0.25) is 0 Å². The van der Waals surface area contributed by atoms with Crippen molar-refractivity contribution in [2.24, 2.45) is 0 Å². The van der Waals surface area contributed by atoms with E-state index in [9.17, 15) is 0 Å². The van der Waals surface area contributed by atoms with Gasteiger partial charge in [-0.15, -0.1) is 0 Å². The molecule has 162 valence electrons. The van der Waals surface area contributed by atoms with Gasteiger partial charge in [-0.05, 0) is 72.5 Å². The van der Waals surface area contributed by atoms with E-state index in [1.54, 1.807) is 0 Å². The molecule has 1 unspecified atom stereocenters. The lowest BCUT2D eigenvalue weighted by Gasteiger charge is -2.40. The van der Waals surface area contributed by atoms with Crippen LogP contribution in [0.5, 0.6) is 0 Å². The van der Waals surface area contributed by atoms with Crippen molar-refractivity contribution < 1.29 is 0 Å². The Morgan fingerprint density at radius 1 is 0.343 bits per heavy atom. The fraction of sp³-hybridized carbons (Fsp3) is 0.0286. The molecule has 0 heteroatoms. The molecule has 2 aliphatic carbocycles. The van der Waals surface area contributed by atoms with E-state index < -0.39 is 0 Å². The summed E-state index contributed by atoms with van der Waals surface area (Å²) in [4.78, 5) is 0. The zero-order chi connectivity index (χ0) is 23.0. The third kappa shape index (κ3) is 2.32. The molecule has 1 atom stereocenters. The van der Waals surface area contributed by atoms with Gasteiger partial charge in [-0.25, -0.2) is 0 Å². The topological polar surface area (TPSA) is 0 Å². The summed E-state index contributed by atoms with van der Waals surface area (Å²) in [6.07, 6.45) is 0. The first-order valence-electron chi connectivity index (χ1n) is 12.3. The Balaban J connectivity index is 1.59. The Labute approximate surface area is 205 Å². The van der Waals surface area contributed by atoms with Crippen molar-refractivity contribution in [3.8, 4) is 33.4 Å². The van der Waals surface area contributed by atoms with Crippen LogP contribution in [0.15, 0.2) is 133 Å². The third-order valence-corrected chi connectivity index (χ3v) is 8.08. The summed E-state index contributed by atoms with van der Waals surface area (Å²) < 4.78 is 0. The first kappa shape index (κ1) is 18.9. The van der Waals surface area contributed by atoms with E-state index >= 15 is 0 Å². The Morgan fingerprint density at radius 2 is 0.914 bits per heavy atom. The Morgan fingerprint density at radius 3 is 1.69 bits per heavy atom. The maximum absolute atomic E-state index is 2.45. The lowest BCUT2D eigenvalue weighted by Crippen LogP contribution is -2.31. The van der Waals surface area contributed by atoms with Crippen molar-refractivity contribution >= 4 is 10.8 Å². The molecule has 0 amide bonds. The quantitative estimate of drug-likeness (QED) is 0.238. The molecule has 0 aliphatic heterocycles. The van der Waals surface area contributed by atoms with Crippen LogP contribution in [-0.2, 0) is 5.41 Å². The van der Waals surface area contributed by atoms with Crippen molar-refractivity contribution in [1.82, 2.24) is 0 Å². The normalized spacial score (nSPS) is 16.7. The molecule has 8 rings (SSSR count). The molecule has 0 heterocycles. The number of hydrogen-bond donors (Lipinski definition) is 0. The first-order chi connectivity index (χ1) is 17.4. The smallest absolute Gasteiger partial charge is 0.0622 e. The largest absolute Gasteiger partial charge is 0.0725 e. The monoisotopic (exact) mass is 442 g/mol. The number of rotatable bonds is 1. The SMILES string of the molecule is c1ccc(-c2ccc3c(c2)C2(c4ccccc4-3)c3ccccc3-c3cccc4cccc2c34)cc1. The molecule has 0 nitrogen and oxygen atoms in total. The van der Waals surface area contributed by atoms with E-state index in [0.29, 0.717) is 0 Å². The predicted octanol–water partition coefficient (Wildman–Crippen LogP) is 8.85. The second-order valence-corrected chi connectivity index (χ2v) is 9.68. The fourth-order valence-corrected chi connectivity index (χ4v) is 6.74. The van der Waals surface area contributed by atoms with Crippen molar-refractivity contribution in [2.75, 3.05) is 0 Å². The number of hydrogen-bond acceptors (Lipinski definition) is 0. The van der Waals surface area contributed by atoms with E-state index in [1.807, 2.05) is 0 Å². The first-order valence-corrected chi connectivity index (χ1v) is 12.3. The third-order valence-electron chi connectivity index (χ3n) is 8.08. The minimum absolute atomic E-state index is 0.346. The van der Waals surface area contributed by atoms with Crippen LogP contribution in [0.3, 0.4) is 0 Å². The Hall–Kier alpha value is -4.42. The second kappa shape index (κ2) is 6.81. The molecule has 6 aromatic carbocycles. The van der Waals surface area contributed by atoms with Crippen molar-refractivity contribution in [1.29, 1.82) is 0 Å². The molecule has 1 spiro atoms. The maximum Gasteiger partial charge on any atom is 0.0725 e. The number of benzene rings is 6. The van der Waals surface area contributed by atoms with Gasteiger partial charge in [-0.1, -0.05) is 127 Å². The van der Waals surface area contributed by atoms with Crippen LogP contribution in [0.1, 0.15) is 22.3 Å². The van der Waals surface area contributed by atoms with Gasteiger partial charge in [0, 0.05) is 0 Å². The van der Waals surface area contributed by atoms with E-state index in [-0.39, 0.29) is 5.41 Å². The summed E-state index contributed by atoms with van der Waals surface area (Å²) in [6.45, 7) is 0. The molecule has 0 saturated heterocycles. The second-order valence-electron chi connectivity index (χ2n) is 9.68. The van der Waals surface area contributed by atoms with Crippen LogP contribution in [0.4, 0.5) is 0 Å². The Kier molecular flexibility index (Phi) is 3.68. The van der Waals surface area contributed by atoms with Gasteiger partial charge >= 0.3 is 0 Å². The molecule has 0 radical (unpaired) electrons. The van der Waals surface area contributed by atoms with Gasteiger partial charge in [0.05, 0.1) is 5.41 Å². The summed E-state index contributed by atoms with van der Waals surface area (Å²) in [5, 5.41) is 2.68. The average Bonchev–Trinajstić information content (AvgIpc) is 3.22. The van der Waals surface area contributed by atoms with Gasteiger partial charge in [-0.2, -0.15) is 0 Å². The van der Waals surface area contributed by atoms with Crippen LogP contribution in [0, 0.1) is 0 Å². The van der Waals surface area contributed by atoms with Gasteiger partial charge in [0.25, 0.3) is 0 Å². The molecule has 2 aliphatic rings. The van der Waals surface area contributed by atoms with E-state index in [1.165, 1.54) is 66.4 Å². The fourth-order valence-electron chi connectivity index (χ4n) is 6.74. The van der Waals surface area contributed by atoms with E-state index in [4.69, 9.17) is 0 Å². The van der Waals surface area contributed by atoms with Crippen molar-refractivity contribution in [2.45, 2.75) is 5.41 Å². The van der Waals surface area contributed by atoms with Gasteiger partial charge in [0.15, 0.2) is 0 Å². The minimum Gasteiger partial charge on any atom is -0.0622 e. The van der Waals surface area contributed by atoms with E-state index in [2.05, 4.69) is 133 Å². The maximum atomic E-state index is 2.45. The van der Waals surface area contributed by atoms with Crippen LogP contribution < -0.4 is 0 Å². The minimum atomic E-state index is -0.346. The molecular weight excluding hydrogens is 420 g/mol. The highest BCUT2D eigenvalue weighted by molar-refractivity contribution is 6.07. The Bertz CT molecular complexity index is 1790. The summed E-state index contributed by atoms with van der Waals surface area (Å²) >= 11 is 0. The highest BCUT2D eigenvalue weighted by atomic mass is 14.5. The molecule has 0 aromatic heterocycles. The zero-order valence-electron chi connectivity index (χ0n) is 19.2. The highest BCUT2D eigenvalue weighted by Gasteiger charge is 2.49. The lowest BCUT2D eigenvalue weighted by atomic mass is 9.61. The standard InChI is InChI=1S/C35H22/c1-2-10-23(11-3-1)25-20-21-28-26-14-4-6-17-30(26)35(33(28)22-25)31-18-7-5-15-27(31)29-16-8-12-24-13-9-19-32(35)34(24)29/h1-22H. The molecule has 0 bridgehead atoms. The van der Waals surface area contributed by atoms with Gasteiger partial charge < -0.3 is 0 Å². The van der Waals surface area contributed by atoms with E-state index in [0.717, 1.165) is 0 Å². The van der Waals surface area contributed by atoms with Gasteiger partial charge in [0.2, 0.25) is 0 Å². The summed E-state index contributed by atoms with van der Waals surface area (Å²) in [5.41, 5.74) is 13.1. The highest BCUT2D eigenvalue weighted by Crippen LogP contribution is 2.62. The van der Waals surface area contributed by atoms with Crippen LogP contribution in [-0.4, -0.2) is 0 Å². The molecule has 0 saturated carbocycles. The lowest BCUT2D eigenvalue weighted by molar-refractivity contribution is 0.774. The molecule has 0 N–H and O–H groups in total. The van der Waals surface area contributed by atoms with Crippen molar-refractivity contribution in [3.63, 3.8) is 0 Å².